The molecule has 104 valence electrons. The molecule has 2 saturated heterocycles. The summed E-state index contributed by atoms with van der Waals surface area (Å²) in [6, 6.07) is 8.25. The van der Waals surface area contributed by atoms with Gasteiger partial charge < -0.3 is 19.5 Å². The summed E-state index contributed by atoms with van der Waals surface area (Å²) in [5, 5.41) is 3.34. The number of rotatable bonds is 3. The second-order valence-electron chi connectivity index (χ2n) is 5.09. The SMILES string of the molecule is c1cc(C2CNCCO2)ccc1OC1CCCOC1. The van der Waals surface area contributed by atoms with E-state index in [0.717, 1.165) is 44.9 Å². The van der Waals surface area contributed by atoms with Crippen LogP contribution in [0, 0.1) is 0 Å². The lowest BCUT2D eigenvalue weighted by molar-refractivity contribution is 0.00728. The van der Waals surface area contributed by atoms with E-state index in [9.17, 15) is 0 Å². The van der Waals surface area contributed by atoms with Crippen molar-refractivity contribution < 1.29 is 14.2 Å². The molecule has 0 radical (unpaired) electrons. The highest BCUT2D eigenvalue weighted by atomic mass is 16.5. The predicted octanol–water partition coefficient (Wildman–Crippen LogP) is 1.91. The molecule has 2 atom stereocenters. The Labute approximate surface area is 114 Å². The van der Waals surface area contributed by atoms with Crippen molar-refractivity contribution in [3.8, 4) is 5.75 Å². The third-order valence-electron chi connectivity index (χ3n) is 3.60. The molecule has 0 amide bonds. The molecule has 19 heavy (non-hydrogen) atoms. The van der Waals surface area contributed by atoms with Crippen molar-refractivity contribution in [2.45, 2.75) is 25.0 Å². The van der Waals surface area contributed by atoms with E-state index in [1.54, 1.807) is 0 Å². The molecule has 2 aliphatic heterocycles. The Kier molecular flexibility index (Phi) is 4.33. The lowest BCUT2D eigenvalue weighted by Crippen LogP contribution is -2.33. The Balaban J connectivity index is 1.58. The van der Waals surface area contributed by atoms with Crippen LogP contribution in [-0.4, -0.2) is 39.0 Å². The van der Waals surface area contributed by atoms with Crippen LogP contribution in [0.15, 0.2) is 24.3 Å². The van der Waals surface area contributed by atoms with Crippen molar-refractivity contribution >= 4 is 0 Å². The summed E-state index contributed by atoms with van der Waals surface area (Å²) in [6.07, 6.45) is 2.54. The molecule has 1 aromatic rings. The molecule has 0 spiro atoms. The summed E-state index contributed by atoms with van der Waals surface area (Å²) in [4.78, 5) is 0. The van der Waals surface area contributed by atoms with Gasteiger partial charge in [-0.2, -0.15) is 0 Å². The van der Waals surface area contributed by atoms with Gasteiger partial charge in [-0.05, 0) is 30.5 Å². The first kappa shape index (κ1) is 12.9. The van der Waals surface area contributed by atoms with Crippen LogP contribution in [0.4, 0.5) is 0 Å². The van der Waals surface area contributed by atoms with Crippen LogP contribution in [0.2, 0.25) is 0 Å². The summed E-state index contributed by atoms with van der Waals surface area (Å²) in [7, 11) is 0. The molecule has 2 fully saturated rings. The second-order valence-corrected chi connectivity index (χ2v) is 5.09. The van der Waals surface area contributed by atoms with Crippen LogP contribution >= 0.6 is 0 Å². The number of hydrogen-bond acceptors (Lipinski definition) is 4. The van der Waals surface area contributed by atoms with Crippen LogP contribution in [0.1, 0.15) is 24.5 Å². The molecule has 1 aromatic carbocycles. The maximum atomic E-state index is 5.92. The molecule has 0 aromatic heterocycles. The van der Waals surface area contributed by atoms with Gasteiger partial charge in [0.2, 0.25) is 0 Å². The minimum absolute atomic E-state index is 0.167. The minimum Gasteiger partial charge on any atom is -0.488 e. The molecule has 0 aliphatic carbocycles. The van der Waals surface area contributed by atoms with Gasteiger partial charge in [0.15, 0.2) is 0 Å². The quantitative estimate of drug-likeness (QED) is 0.904. The largest absolute Gasteiger partial charge is 0.488 e. The lowest BCUT2D eigenvalue weighted by Gasteiger charge is -2.25. The highest BCUT2D eigenvalue weighted by Gasteiger charge is 2.17. The van der Waals surface area contributed by atoms with Crippen molar-refractivity contribution in [3.63, 3.8) is 0 Å². The Hall–Kier alpha value is -1.10. The molecular formula is C15H21NO3. The van der Waals surface area contributed by atoms with Crippen molar-refractivity contribution in [1.82, 2.24) is 5.32 Å². The van der Waals surface area contributed by atoms with Crippen LogP contribution < -0.4 is 10.1 Å². The maximum absolute atomic E-state index is 5.92. The summed E-state index contributed by atoms with van der Waals surface area (Å²) < 4.78 is 17.1. The molecule has 4 nitrogen and oxygen atoms in total. The standard InChI is InChI=1S/C15H21NO3/c1-2-14(11-17-8-1)19-13-5-3-12(4-6-13)15-10-16-7-9-18-15/h3-6,14-16H,1-2,7-11H2. The highest BCUT2D eigenvalue weighted by molar-refractivity contribution is 5.29. The van der Waals surface area contributed by atoms with Gasteiger partial charge in [0.05, 0.1) is 19.3 Å². The van der Waals surface area contributed by atoms with E-state index in [2.05, 4.69) is 17.4 Å². The molecule has 0 saturated carbocycles. The lowest BCUT2D eigenvalue weighted by atomic mass is 10.1. The average molecular weight is 263 g/mol. The highest BCUT2D eigenvalue weighted by Crippen LogP contribution is 2.23. The van der Waals surface area contributed by atoms with E-state index in [-0.39, 0.29) is 12.2 Å². The van der Waals surface area contributed by atoms with E-state index in [0.29, 0.717) is 6.61 Å². The summed E-state index contributed by atoms with van der Waals surface area (Å²) in [5.41, 5.74) is 1.21. The van der Waals surface area contributed by atoms with Gasteiger partial charge in [-0.3, -0.25) is 0 Å². The van der Waals surface area contributed by atoms with Gasteiger partial charge in [0.25, 0.3) is 0 Å². The molecule has 3 rings (SSSR count). The first-order chi connectivity index (χ1) is 9.42. The van der Waals surface area contributed by atoms with Crippen molar-refractivity contribution in [2.24, 2.45) is 0 Å². The fraction of sp³-hybridized carbons (Fsp3) is 0.600. The van der Waals surface area contributed by atoms with E-state index >= 15 is 0 Å². The third-order valence-corrected chi connectivity index (χ3v) is 3.60. The summed E-state index contributed by atoms with van der Waals surface area (Å²) >= 11 is 0. The van der Waals surface area contributed by atoms with Crippen molar-refractivity contribution in [2.75, 3.05) is 32.9 Å². The van der Waals surface area contributed by atoms with E-state index in [4.69, 9.17) is 14.2 Å². The topological polar surface area (TPSA) is 39.7 Å². The van der Waals surface area contributed by atoms with E-state index in [1.165, 1.54) is 5.56 Å². The maximum Gasteiger partial charge on any atom is 0.122 e. The second kappa shape index (κ2) is 6.37. The van der Waals surface area contributed by atoms with Crippen LogP contribution in [0.3, 0.4) is 0 Å². The van der Waals surface area contributed by atoms with Gasteiger partial charge in [0.1, 0.15) is 11.9 Å². The van der Waals surface area contributed by atoms with Gasteiger partial charge >= 0.3 is 0 Å². The van der Waals surface area contributed by atoms with E-state index < -0.39 is 0 Å². The Morgan fingerprint density at radius 2 is 2.05 bits per heavy atom. The number of benzene rings is 1. The van der Waals surface area contributed by atoms with E-state index in [1.807, 2.05) is 12.1 Å². The molecule has 2 heterocycles. The molecule has 2 unspecified atom stereocenters. The number of ether oxygens (including phenoxy) is 3. The predicted molar refractivity (Wildman–Crippen MR) is 72.5 cm³/mol. The normalized spacial score (nSPS) is 28.0. The zero-order chi connectivity index (χ0) is 12.9. The fourth-order valence-corrected chi connectivity index (χ4v) is 2.54. The van der Waals surface area contributed by atoms with Gasteiger partial charge in [-0.1, -0.05) is 12.1 Å². The molecule has 2 aliphatic rings. The molecule has 4 heteroatoms. The monoisotopic (exact) mass is 263 g/mol. The Morgan fingerprint density at radius 1 is 1.16 bits per heavy atom. The fourth-order valence-electron chi connectivity index (χ4n) is 2.54. The number of hydrogen-bond donors (Lipinski definition) is 1. The van der Waals surface area contributed by atoms with Gasteiger partial charge in [0, 0.05) is 19.7 Å². The van der Waals surface area contributed by atoms with Crippen molar-refractivity contribution in [1.29, 1.82) is 0 Å². The van der Waals surface area contributed by atoms with Crippen LogP contribution in [0.5, 0.6) is 5.75 Å². The number of nitrogens with one attached hydrogen (secondary N) is 1. The number of morpholine rings is 1. The zero-order valence-electron chi connectivity index (χ0n) is 11.1. The van der Waals surface area contributed by atoms with Crippen molar-refractivity contribution in [3.05, 3.63) is 29.8 Å². The Bertz CT molecular complexity index is 381. The zero-order valence-corrected chi connectivity index (χ0v) is 11.1. The van der Waals surface area contributed by atoms with Crippen LogP contribution in [-0.2, 0) is 9.47 Å². The first-order valence-corrected chi connectivity index (χ1v) is 7.08. The molecular weight excluding hydrogens is 242 g/mol. The third kappa shape index (κ3) is 3.47. The molecule has 0 bridgehead atoms. The molecule has 1 N–H and O–H groups in total. The minimum atomic E-state index is 0.167. The average Bonchev–Trinajstić information content (AvgIpc) is 2.50. The van der Waals surface area contributed by atoms with Gasteiger partial charge in [-0.15, -0.1) is 0 Å². The summed E-state index contributed by atoms with van der Waals surface area (Å²) in [6.45, 7) is 4.18. The van der Waals surface area contributed by atoms with Crippen LogP contribution in [0.25, 0.3) is 0 Å². The summed E-state index contributed by atoms with van der Waals surface area (Å²) in [5.74, 6) is 0.919. The first-order valence-electron chi connectivity index (χ1n) is 7.08. The van der Waals surface area contributed by atoms with Gasteiger partial charge in [-0.25, -0.2) is 0 Å². The smallest absolute Gasteiger partial charge is 0.122 e. The Morgan fingerprint density at radius 3 is 2.74 bits per heavy atom.